The maximum atomic E-state index is 13.4. The lowest BCUT2D eigenvalue weighted by atomic mass is 10.0. The Morgan fingerprint density at radius 3 is 2.06 bits per heavy atom. The number of carbonyl (C=O) groups excluding carboxylic acids is 4. The van der Waals surface area contributed by atoms with Gasteiger partial charge in [-0.3, -0.25) is 30.1 Å². The number of alkyl carbamates (subject to hydrolysis) is 1. The number of rotatable bonds is 11. The third kappa shape index (κ3) is 11.4. The molecule has 0 bridgehead atoms. The average Bonchev–Trinajstić information content (AvgIpc) is 3.48. The number of esters is 2. The van der Waals surface area contributed by atoms with Crippen molar-refractivity contribution in [2.24, 2.45) is 0 Å². The standard InChI is InChI=1S/C37H50N6O8/c1-37(2,3)51-35(46)39-34(38)42-16-14-29(15-17-42)43-24-30(50-36(43)47)23-40-18-20-41(21-19-40)31(33(45)49-26-28-12-8-5-9-13-28)22-32(44)48-25-27-10-6-4-7-11-27/h4-13,29-31H,14-26H2,1-3H3,(H2,38,39,46). The molecule has 3 aliphatic heterocycles. The first kappa shape index (κ1) is 37.6. The molecular weight excluding hydrogens is 656 g/mol. The van der Waals surface area contributed by atoms with Crippen molar-refractivity contribution >= 4 is 30.1 Å². The van der Waals surface area contributed by atoms with Crippen molar-refractivity contribution in [2.75, 3.05) is 52.4 Å². The lowest BCUT2D eigenvalue weighted by Crippen LogP contribution is -2.55. The number of hydrogen-bond acceptors (Lipinski definition) is 11. The van der Waals surface area contributed by atoms with Gasteiger partial charge in [-0.15, -0.1) is 0 Å². The predicted octanol–water partition coefficient (Wildman–Crippen LogP) is 3.59. The lowest BCUT2D eigenvalue weighted by molar-refractivity contribution is -0.159. The van der Waals surface area contributed by atoms with Gasteiger partial charge in [-0.1, -0.05) is 60.7 Å². The van der Waals surface area contributed by atoms with Gasteiger partial charge >= 0.3 is 24.1 Å². The van der Waals surface area contributed by atoms with E-state index in [9.17, 15) is 19.2 Å². The van der Waals surface area contributed by atoms with E-state index in [4.69, 9.17) is 24.4 Å². The van der Waals surface area contributed by atoms with Gasteiger partial charge in [-0.05, 0) is 44.7 Å². The molecule has 0 aliphatic carbocycles. The third-order valence-corrected chi connectivity index (χ3v) is 9.15. The van der Waals surface area contributed by atoms with Crippen molar-refractivity contribution in [1.29, 1.82) is 5.41 Å². The summed E-state index contributed by atoms with van der Waals surface area (Å²) >= 11 is 0. The van der Waals surface area contributed by atoms with Crippen LogP contribution in [0.3, 0.4) is 0 Å². The largest absolute Gasteiger partial charge is 0.461 e. The number of ether oxygens (including phenoxy) is 4. The fraction of sp³-hybridized carbons (Fsp3) is 0.541. The summed E-state index contributed by atoms with van der Waals surface area (Å²) < 4.78 is 22.2. The first-order valence-corrected chi connectivity index (χ1v) is 17.6. The Balaban J connectivity index is 1.08. The number of piperazine rings is 1. The summed E-state index contributed by atoms with van der Waals surface area (Å²) in [6.07, 6.45) is -0.127. The van der Waals surface area contributed by atoms with E-state index in [1.54, 1.807) is 30.6 Å². The number of likely N-dealkylation sites (tertiary alicyclic amines) is 1. The molecule has 3 heterocycles. The molecule has 0 saturated carbocycles. The summed E-state index contributed by atoms with van der Waals surface area (Å²) in [6, 6.07) is 18.0. The van der Waals surface area contributed by atoms with Crippen LogP contribution in [0, 0.1) is 5.41 Å². The molecule has 51 heavy (non-hydrogen) atoms. The first-order valence-electron chi connectivity index (χ1n) is 17.6. The molecule has 2 aromatic rings. The van der Waals surface area contributed by atoms with Crippen LogP contribution in [-0.2, 0) is 41.8 Å². The van der Waals surface area contributed by atoms with Crippen molar-refractivity contribution in [2.45, 2.75) is 77.0 Å². The molecular formula is C37H50N6O8. The second-order valence-electron chi connectivity index (χ2n) is 14.1. The van der Waals surface area contributed by atoms with Crippen LogP contribution in [-0.4, -0.2) is 126 Å². The maximum absolute atomic E-state index is 13.4. The fourth-order valence-corrected chi connectivity index (χ4v) is 6.50. The van der Waals surface area contributed by atoms with Gasteiger partial charge < -0.3 is 28.7 Å². The molecule has 14 heteroatoms. The Bertz CT molecular complexity index is 1490. The highest BCUT2D eigenvalue weighted by Gasteiger charge is 2.40. The summed E-state index contributed by atoms with van der Waals surface area (Å²) in [4.78, 5) is 59.0. The van der Waals surface area contributed by atoms with Crippen LogP contribution in [0.15, 0.2) is 60.7 Å². The van der Waals surface area contributed by atoms with Gasteiger partial charge in [0, 0.05) is 51.9 Å². The minimum Gasteiger partial charge on any atom is -0.461 e. The molecule has 276 valence electrons. The Morgan fingerprint density at radius 1 is 0.882 bits per heavy atom. The molecule has 5 rings (SSSR count). The molecule has 2 unspecified atom stereocenters. The quantitative estimate of drug-likeness (QED) is 0.153. The summed E-state index contributed by atoms with van der Waals surface area (Å²) in [6.45, 7) is 9.92. The number of hydrogen-bond donors (Lipinski definition) is 2. The fourth-order valence-electron chi connectivity index (χ4n) is 6.50. The topological polar surface area (TPSA) is 154 Å². The Kier molecular flexibility index (Phi) is 12.9. The molecule has 3 saturated heterocycles. The molecule has 2 amide bonds. The van der Waals surface area contributed by atoms with Gasteiger partial charge in [0.25, 0.3) is 0 Å². The molecule has 3 fully saturated rings. The van der Waals surface area contributed by atoms with Crippen molar-refractivity contribution < 1.29 is 38.1 Å². The van der Waals surface area contributed by atoms with E-state index in [1.165, 1.54) is 0 Å². The molecule has 2 aromatic carbocycles. The number of cyclic esters (lactones) is 1. The molecule has 2 N–H and O–H groups in total. The van der Waals surface area contributed by atoms with E-state index < -0.39 is 29.7 Å². The molecule has 0 spiro atoms. The molecule has 2 atom stereocenters. The van der Waals surface area contributed by atoms with Gasteiger partial charge in [-0.25, -0.2) is 9.59 Å². The highest BCUT2D eigenvalue weighted by Crippen LogP contribution is 2.24. The Morgan fingerprint density at radius 2 is 1.47 bits per heavy atom. The smallest absolute Gasteiger partial charge is 0.414 e. The van der Waals surface area contributed by atoms with E-state index in [0.717, 1.165) is 11.1 Å². The van der Waals surface area contributed by atoms with Crippen LogP contribution in [0.25, 0.3) is 0 Å². The number of piperidine rings is 1. The minimum absolute atomic E-state index is 0.0144. The van der Waals surface area contributed by atoms with Crippen LogP contribution >= 0.6 is 0 Å². The average molecular weight is 707 g/mol. The van der Waals surface area contributed by atoms with E-state index in [-0.39, 0.29) is 43.8 Å². The summed E-state index contributed by atoms with van der Waals surface area (Å²) in [5.74, 6) is -0.950. The monoisotopic (exact) mass is 706 g/mol. The normalized spacial score (nSPS) is 19.6. The molecule has 3 aliphatic rings. The second kappa shape index (κ2) is 17.5. The number of benzene rings is 2. The molecule has 0 radical (unpaired) electrons. The Hall–Kier alpha value is -4.69. The first-order chi connectivity index (χ1) is 24.4. The molecule has 0 aromatic heterocycles. The zero-order valence-corrected chi connectivity index (χ0v) is 29.8. The van der Waals surface area contributed by atoms with Crippen LogP contribution in [0.4, 0.5) is 9.59 Å². The maximum Gasteiger partial charge on any atom is 0.414 e. The zero-order valence-electron chi connectivity index (χ0n) is 29.8. The predicted molar refractivity (Wildman–Crippen MR) is 188 cm³/mol. The van der Waals surface area contributed by atoms with Crippen LogP contribution in [0.1, 0.15) is 51.2 Å². The highest BCUT2D eigenvalue weighted by molar-refractivity contribution is 5.92. The highest BCUT2D eigenvalue weighted by atomic mass is 16.6. The third-order valence-electron chi connectivity index (χ3n) is 9.15. The van der Waals surface area contributed by atoms with Gasteiger partial charge in [0.05, 0.1) is 13.0 Å². The van der Waals surface area contributed by atoms with Gasteiger partial charge in [-0.2, -0.15) is 0 Å². The Labute approximate surface area is 299 Å². The van der Waals surface area contributed by atoms with Gasteiger partial charge in [0.2, 0.25) is 5.96 Å². The van der Waals surface area contributed by atoms with Crippen LogP contribution < -0.4 is 5.32 Å². The van der Waals surface area contributed by atoms with Crippen molar-refractivity contribution in [3.8, 4) is 0 Å². The summed E-state index contributed by atoms with van der Waals surface area (Å²) in [7, 11) is 0. The number of amides is 2. The van der Waals surface area contributed by atoms with Gasteiger partial charge in [0.15, 0.2) is 0 Å². The van der Waals surface area contributed by atoms with Crippen molar-refractivity contribution in [3.05, 3.63) is 71.8 Å². The van der Waals surface area contributed by atoms with Gasteiger partial charge in [0.1, 0.15) is 31.0 Å². The number of nitrogens with one attached hydrogen (secondary N) is 2. The van der Waals surface area contributed by atoms with Crippen molar-refractivity contribution in [3.63, 3.8) is 0 Å². The van der Waals surface area contributed by atoms with E-state index in [1.807, 2.05) is 65.6 Å². The van der Waals surface area contributed by atoms with Crippen LogP contribution in [0.5, 0.6) is 0 Å². The summed E-state index contributed by atoms with van der Waals surface area (Å²) in [5.41, 5.74) is 1.07. The van der Waals surface area contributed by atoms with E-state index >= 15 is 0 Å². The lowest BCUT2D eigenvalue weighted by Gasteiger charge is -2.38. The van der Waals surface area contributed by atoms with Crippen molar-refractivity contribution in [1.82, 2.24) is 24.9 Å². The van der Waals surface area contributed by atoms with Crippen LogP contribution in [0.2, 0.25) is 0 Å². The number of carbonyl (C=O) groups is 4. The minimum atomic E-state index is -0.786. The van der Waals surface area contributed by atoms with E-state index in [2.05, 4.69) is 10.2 Å². The SMILES string of the molecule is CC(C)(C)OC(=O)NC(=N)N1CCC(N2CC(CN3CCN(C(CC(=O)OCc4ccccc4)C(=O)OCc4ccccc4)CC3)OC2=O)CC1. The van der Waals surface area contributed by atoms with E-state index in [0.29, 0.717) is 65.2 Å². The molecule has 14 nitrogen and oxygen atoms in total. The number of nitrogens with zero attached hydrogens (tertiary/aromatic N) is 4. The zero-order chi connectivity index (χ0) is 36.4. The number of guanidine groups is 1. The second-order valence-corrected chi connectivity index (χ2v) is 14.1. The summed E-state index contributed by atoms with van der Waals surface area (Å²) in [5, 5.41) is 10.8.